The summed E-state index contributed by atoms with van der Waals surface area (Å²) in [4.78, 5) is 30.1. The maximum Gasteiger partial charge on any atom is 0.409 e. The van der Waals surface area contributed by atoms with Crippen LogP contribution >= 0.6 is 0 Å². The maximum absolute atomic E-state index is 12.4. The number of nitrogens with one attached hydrogen (secondary N) is 2. The van der Waals surface area contributed by atoms with Crippen LogP contribution in [0.5, 0.6) is 0 Å². The van der Waals surface area contributed by atoms with E-state index in [1.807, 2.05) is 0 Å². The molecular weight excluding hydrogens is 320 g/mol. The zero-order chi connectivity index (χ0) is 18.2. The minimum atomic E-state index is -0.276. The highest BCUT2D eigenvalue weighted by molar-refractivity contribution is 5.95. The third-order valence-electron chi connectivity index (χ3n) is 4.07. The summed E-state index contributed by atoms with van der Waals surface area (Å²) >= 11 is 0. The lowest BCUT2D eigenvalue weighted by Gasteiger charge is -2.31. The molecule has 1 saturated heterocycles. The molecule has 0 aliphatic carbocycles. The van der Waals surface area contributed by atoms with E-state index in [1.54, 1.807) is 30.2 Å². The number of aromatic nitrogens is 1. The third-order valence-corrected chi connectivity index (χ3v) is 4.07. The summed E-state index contributed by atoms with van der Waals surface area (Å²) in [7, 11) is 0. The van der Waals surface area contributed by atoms with Crippen LogP contribution in [-0.2, 0) is 4.74 Å². The first kappa shape index (κ1) is 19.0. The van der Waals surface area contributed by atoms with Crippen LogP contribution in [0.4, 0.5) is 10.6 Å². The Balaban J connectivity index is 1.84. The monoisotopic (exact) mass is 348 g/mol. The summed E-state index contributed by atoms with van der Waals surface area (Å²) in [5.74, 6) is 1.10. The number of nitrogens with zero attached hydrogens (tertiary/aromatic N) is 2. The van der Waals surface area contributed by atoms with Crippen molar-refractivity contribution >= 4 is 17.8 Å². The molecule has 0 aromatic carbocycles. The first-order valence-electron chi connectivity index (χ1n) is 8.92. The summed E-state index contributed by atoms with van der Waals surface area (Å²) in [6.45, 7) is 8.42. The molecule has 0 saturated carbocycles. The van der Waals surface area contributed by atoms with Gasteiger partial charge in [0.15, 0.2) is 0 Å². The van der Waals surface area contributed by atoms with E-state index < -0.39 is 0 Å². The van der Waals surface area contributed by atoms with Crippen LogP contribution in [0, 0.1) is 5.92 Å². The Kier molecular flexibility index (Phi) is 7.03. The second-order valence-corrected chi connectivity index (χ2v) is 6.64. The van der Waals surface area contributed by atoms with Crippen molar-refractivity contribution < 1.29 is 14.3 Å². The summed E-state index contributed by atoms with van der Waals surface area (Å²) < 4.78 is 5.01. The van der Waals surface area contributed by atoms with Crippen molar-refractivity contribution in [2.24, 2.45) is 5.92 Å². The lowest BCUT2D eigenvalue weighted by molar-refractivity contribution is 0.0860. The van der Waals surface area contributed by atoms with Crippen LogP contribution in [0.2, 0.25) is 0 Å². The van der Waals surface area contributed by atoms with Gasteiger partial charge in [-0.15, -0.1) is 0 Å². The second kappa shape index (κ2) is 9.25. The number of hydrogen-bond donors (Lipinski definition) is 2. The number of carbonyl (C=O) groups excluding carboxylic acids is 2. The highest BCUT2D eigenvalue weighted by Gasteiger charge is 2.24. The number of hydrogen-bond acceptors (Lipinski definition) is 5. The van der Waals surface area contributed by atoms with Gasteiger partial charge in [-0.3, -0.25) is 4.79 Å². The molecule has 2 amide bonds. The van der Waals surface area contributed by atoms with Gasteiger partial charge in [-0.25, -0.2) is 9.78 Å². The largest absolute Gasteiger partial charge is 0.450 e. The van der Waals surface area contributed by atoms with E-state index in [4.69, 9.17) is 4.74 Å². The number of rotatable bonds is 6. The van der Waals surface area contributed by atoms with Gasteiger partial charge in [0.2, 0.25) is 0 Å². The van der Waals surface area contributed by atoms with Gasteiger partial charge in [0.25, 0.3) is 5.91 Å². The van der Waals surface area contributed by atoms with Crippen LogP contribution in [0.25, 0.3) is 0 Å². The lowest BCUT2D eigenvalue weighted by atomic mass is 10.0. The van der Waals surface area contributed by atoms with Crippen molar-refractivity contribution in [3.63, 3.8) is 0 Å². The molecule has 25 heavy (non-hydrogen) atoms. The Labute approximate surface area is 149 Å². The molecule has 0 unspecified atom stereocenters. The molecule has 1 aromatic rings. The SMILES string of the molecule is CCOC(=O)N1CCC(NC(=O)c2ccnc(NCC(C)C)c2)CC1. The second-order valence-electron chi connectivity index (χ2n) is 6.64. The number of ether oxygens (including phenoxy) is 1. The lowest BCUT2D eigenvalue weighted by Crippen LogP contribution is -2.46. The molecule has 0 spiro atoms. The number of pyridine rings is 1. The van der Waals surface area contributed by atoms with Gasteiger partial charge in [0.1, 0.15) is 5.82 Å². The number of piperidine rings is 1. The average molecular weight is 348 g/mol. The van der Waals surface area contributed by atoms with Crippen LogP contribution < -0.4 is 10.6 Å². The van der Waals surface area contributed by atoms with E-state index in [0.29, 0.717) is 37.0 Å². The van der Waals surface area contributed by atoms with Gasteiger partial charge < -0.3 is 20.3 Å². The molecule has 2 rings (SSSR count). The third kappa shape index (κ3) is 5.92. The molecule has 138 valence electrons. The minimum absolute atomic E-state index is 0.0680. The highest BCUT2D eigenvalue weighted by Crippen LogP contribution is 2.13. The van der Waals surface area contributed by atoms with E-state index >= 15 is 0 Å². The molecule has 1 fully saturated rings. The van der Waals surface area contributed by atoms with Gasteiger partial charge in [-0.1, -0.05) is 13.8 Å². The predicted octanol–water partition coefficient (Wildman–Crippen LogP) is 2.50. The summed E-state index contributed by atoms with van der Waals surface area (Å²) in [5.41, 5.74) is 0.592. The molecule has 7 heteroatoms. The van der Waals surface area contributed by atoms with Gasteiger partial charge in [0.05, 0.1) is 6.61 Å². The number of amides is 2. The van der Waals surface area contributed by atoms with Crippen LogP contribution in [0.1, 0.15) is 44.0 Å². The van der Waals surface area contributed by atoms with Gasteiger partial charge in [-0.05, 0) is 37.8 Å². The van der Waals surface area contributed by atoms with Crippen LogP contribution in [0.3, 0.4) is 0 Å². The smallest absolute Gasteiger partial charge is 0.409 e. The van der Waals surface area contributed by atoms with Gasteiger partial charge >= 0.3 is 6.09 Å². The fourth-order valence-corrected chi connectivity index (χ4v) is 2.67. The fraction of sp³-hybridized carbons (Fsp3) is 0.611. The van der Waals surface area contributed by atoms with E-state index in [2.05, 4.69) is 29.5 Å². The first-order valence-corrected chi connectivity index (χ1v) is 8.92. The maximum atomic E-state index is 12.4. The number of anilines is 1. The van der Waals surface area contributed by atoms with Crippen LogP contribution in [-0.4, -0.2) is 54.2 Å². The zero-order valence-electron chi connectivity index (χ0n) is 15.2. The topological polar surface area (TPSA) is 83.6 Å². The molecule has 0 radical (unpaired) electrons. The van der Waals surface area contributed by atoms with E-state index in [1.165, 1.54) is 0 Å². The van der Waals surface area contributed by atoms with Gasteiger partial charge in [-0.2, -0.15) is 0 Å². The molecule has 1 aliphatic heterocycles. The first-order chi connectivity index (χ1) is 12.0. The quantitative estimate of drug-likeness (QED) is 0.825. The van der Waals surface area contributed by atoms with Crippen molar-refractivity contribution in [3.8, 4) is 0 Å². The molecule has 1 aliphatic rings. The van der Waals surface area contributed by atoms with Crippen molar-refractivity contribution in [2.45, 2.75) is 39.7 Å². The van der Waals surface area contributed by atoms with Crippen molar-refractivity contribution in [3.05, 3.63) is 23.9 Å². The molecule has 2 heterocycles. The average Bonchev–Trinajstić information content (AvgIpc) is 2.61. The molecule has 0 bridgehead atoms. The minimum Gasteiger partial charge on any atom is -0.450 e. The fourth-order valence-electron chi connectivity index (χ4n) is 2.67. The standard InChI is InChI=1S/C18H28N4O3/c1-4-25-18(24)22-9-6-15(7-10-22)21-17(23)14-5-8-19-16(11-14)20-12-13(2)3/h5,8,11,13,15H,4,6-7,9-10,12H2,1-3H3,(H,19,20)(H,21,23). The Hall–Kier alpha value is -2.31. The zero-order valence-corrected chi connectivity index (χ0v) is 15.2. The van der Waals surface area contributed by atoms with Gasteiger partial charge in [0, 0.05) is 37.4 Å². The summed E-state index contributed by atoms with van der Waals surface area (Å²) in [5, 5.41) is 6.27. The Morgan fingerprint density at radius 2 is 2.08 bits per heavy atom. The summed E-state index contributed by atoms with van der Waals surface area (Å²) in [6, 6.07) is 3.55. The van der Waals surface area contributed by atoms with E-state index in [0.717, 1.165) is 19.4 Å². The highest BCUT2D eigenvalue weighted by atomic mass is 16.6. The van der Waals surface area contributed by atoms with Crippen LogP contribution in [0.15, 0.2) is 18.3 Å². The molecule has 7 nitrogen and oxygen atoms in total. The van der Waals surface area contributed by atoms with Crippen molar-refractivity contribution in [1.29, 1.82) is 0 Å². The normalized spacial score (nSPS) is 15.1. The Morgan fingerprint density at radius 3 is 2.72 bits per heavy atom. The molecule has 1 aromatic heterocycles. The van der Waals surface area contributed by atoms with Crippen molar-refractivity contribution in [2.75, 3.05) is 31.6 Å². The Bertz CT molecular complexity index is 583. The summed E-state index contributed by atoms with van der Waals surface area (Å²) in [6.07, 6.45) is 2.82. The van der Waals surface area contributed by atoms with E-state index in [9.17, 15) is 9.59 Å². The molecule has 0 atom stereocenters. The van der Waals surface area contributed by atoms with E-state index in [-0.39, 0.29) is 18.0 Å². The predicted molar refractivity (Wildman–Crippen MR) is 96.6 cm³/mol. The number of likely N-dealkylation sites (tertiary alicyclic amines) is 1. The Morgan fingerprint density at radius 1 is 1.36 bits per heavy atom. The van der Waals surface area contributed by atoms with Crippen molar-refractivity contribution in [1.82, 2.24) is 15.2 Å². The molecule has 2 N–H and O–H groups in total. The molecular formula is C18H28N4O3. The number of carbonyl (C=O) groups is 2.